The fourth-order valence-corrected chi connectivity index (χ4v) is 3.59. The van der Waals surface area contributed by atoms with Crippen molar-refractivity contribution in [2.45, 2.75) is 39.7 Å². The number of aryl methyl sites for hydroxylation is 2. The minimum absolute atomic E-state index is 0.205. The number of carbonyl (C=O) groups is 1. The van der Waals surface area contributed by atoms with Gasteiger partial charge in [0.05, 0.1) is 11.2 Å². The van der Waals surface area contributed by atoms with E-state index in [1.807, 2.05) is 17.9 Å². The van der Waals surface area contributed by atoms with Crippen molar-refractivity contribution in [1.82, 2.24) is 9.97 Å². The van der Waals surface area contributed by atoms with Gasteiger partial charge in [-0.05, 0) is 49.9 Å². The molecule has 0 unspecified atom stereocenters. The molecular formula is C21H24N4O. The van der Waals surface area contributed by atoms with Crippen molar-refractivity contribution in [2.75, 3.05) is 16.8 Å². The summed E-state index contributed by atoms with van der Waals surface area (Å²) >= 11 is 0. The molecule has 2 aromatic carbocycles. The molecule has 4 rings (SSSR count). The Hall–Kier alpha value is -2.82. The quantitative estimate of drug-likeness (QED) is 0.738. The number of fused-ring (bicyclic) bond motifs is 1. The SMILES string of the molecule is Cc1nc2c(NCc3ccccc3C)cc(N3CCCCC3=O)cc2[nH]1. The number of rotatable bonds is 4. The van der Waals surface area contributed by atoms with Gasteiger partial charge in [-0.1, -0.05) is 24.3 Å². The summed E-state index contributed by atoms with van der Waals surface area (Å²) in [4.78, 5) is 22.2. The molecule has 0 aliphatic carbocycles. The summed E-state index contributed by atoms with van der Waals surface area (Å²) in [5.41, 5.74) is 6.31. The number of nitrogens with one attached hydrogen (secondary N) is 2. The minimum Gasteiger partial charge on any atom is -0.379 e. The van der Waals surface area contributed by atoms with E-state index < -0.39 is 0 Å². The lowest BCUT2D eigenvalue weighted by Crippen LogP contribution is -2.35. The molecule has 5 heteroatoms. The van der Waals surface area contributed by atoms with E-state index in [0.29, 0.717) is 6.42 Å². The first kappa shape index (κ1) is 16.6. The van der Waals surface area contributed by atoms with Crippen LogP contribution in [-0.2, 0) is 11.3 Å². The molecule has 1 aromatic heterocycles. The van der Waals surface area contributed by atoms with Crippen LogP contribution in [0.1, 0.15) is 36.2 Å². The number of imidazole rings is 1. The van der Waals surface area contributed by atoms with Crippen LogP contribution >= 0.6 is 0 Å². The molecule has 2 N–H and O–H groups in total. The standard InChI is InChI=1S/C21H24N4O/c1-14-7-3-4-8-16(14)13-22-18-11-17(25-10-6-5-9-20(25)26)12-19-21(18)24-15(2)23-19/h3-4,7-8,11-12,22H,5-6,9-10,13H2,1-2H3,(H,23,24). The first-order chi connectivity index (χ1) is 12.6. The van der Waals surface area contributed by atoms with Gasteiger partial charge in [0.25, 0.3) is 0 Å². The summed E-state index contributed by atoms with van der Waals surface area (Å²) in [6, 6.07) is 12.5. The molecule has 134 valence electrons. The third-order valence-electron chi connectivity index (χ3n) is 5.06. The molecule has 1 amide bonds. The Morgan fingerprint density at radius 2 is 2.04 bits per heavy atom. The van der Waals surface area contributed by atoms with Crippen LogP contribution in [0.15, 0.2) is 36.4 Å². The number of nitrogens with zero attached hydrogens (tertiary/aromatic N) is 2. The molecule has 1 saturated heterocycles. The largest absolute Gasteiger partial charge is 0.379 e. The molecule has 0 saturated carbocycles. The van der Waals surface area contributed by atoms with Crippen LogP contribution in [-0.4, -0.2) is 22.4 Å². The third kappa shape index (κ3) is 3.17. The fourth-order valence-electron chi connectivity index (χ4n) is 3.59. The molecule has 2 heterocycles. The molecule has 3 aromatic rings. The number of aromatic amines is 1. The second kappa shape index (κ2) is 6.83. The van der Waals surface area contributed by atoms with Crippen LogP contribution in [0, 0.1) is 13.8 Å². The topological polar surface area (TPSA) is 61.0 Å². The van der Waals surface area contributed by atoms with Gasteiger partial charge in [0, 0.05) is 25.2 Å². The third-order valence-corrected chi connectivity index (χ3v) is 5.06. The molecule has 26 heavy (non-hydrogen) atoms. The molecule has 5 nitrogen and oxygen atoms in total. The normalized spacial score (nSPS) is 14.8. The number of amides is 1. The van der Waals surface area contributed by atoms with Crippen LogP contribution < -0.4 is 10.2 Å². The monoisotopic (exact) mass is 348 g/mol. The van der Waals surface area contributed by atoms with Gasteiger partial charge in [-0.2, -0.15) is 0 Å². The molecular weight excluding hydrogens is 324 g/mol. The lowest BCUT2D eigenvalue weighted by atomic mass is 10.1. The summed E-state index contributed by atoms with van der Waals surface area (Å²) in [5, 5.41) is 3.53. The number of anilines is 2. The van der Waals surface area contributed by atoms with Crippen LogP contribution in [0.5, 0.6) is 0 Å². The number of H-pyrrole nitrogens is 1. The summed E-state index contributed by atoms with van der Waals surface area (Å²) in [6.45, 7) is 5.59. The lowest BCUT2D eigenvalue weighted by Gasteiger charge is -2.27. The van der Waals surface area contributed by atoms with Gasteiger partial charge in [-0.3, -0.25) is 4.79 Å². The number of piperidine rings is 1. The summed E-state index contributed by atoms with van der Waals surface area (Å²) in [6.07, 6.45) is 2.67. The Balaban J connectivity index is 1.70. The molecule has 1 aliphatic heterocycles. The molecule has 1 fully saturated rings. The number of hydrogen-bond donors (Lipinski definition) is 2. The van der Waals surface area contributed by atoms with Crippen molar-refractivity contribution in [3.63, 3.8) is 0 Å². The zero-order valence-corrected chi connectivity index (χ0v) is 15.3. The van der Waals surface area contributed by atoms with Crippen LogP contribution in [0.2, 0.25) is 0 Å². The van der Waals surface area contributed by atoms with Gasteiger partial charge >= 0.3 is 0 Å². The first-order valence-electron chi connectivity index (χ1n) is 9.21. The second-order valence-electron chi connectivity index (χ2n) is 6.99. The van der Waals surface area contributed by atoms with E-state index in [-0.39, 0.29) is 5.91 Å². The van der Waals surface area contributed by atoms with E-state index in [9.17, 15) is 4.79 Å². The maximum absolute atomic E-state index is 12.4. The van der Waals surface area contributed by atoms with Gasteiger partial charge in [-0.15, -0.1) is 0 Å². The zero-order chi connectivity index (χ0) is 18.1. The number of carbonyl (C=O) groups excluding carboxylic acids is 1. The highest BCUT2D eigenvalue weighted by atomic mass is 16.2. The fraction of sp³-hybridized carbons (Fsp3) is 0.333. The van der Waals surface area contributed by atoms with Crippen molar-refractivity contribution < 1.29 is 4.79 Å². The van der Waals surface area contributed by atoms with Crippen LogP contribution in [0.25, 0.3) is 11.0 Å². The summed E-state index contributed by atoms with van der Waals surface area (Å²) in [7, 11) is 0. The lowest BCUT2D eigenvalue weighted by molar-refractivity contribution is -0.119. The van der Waals surface area contributed by atoms with Gasteiger partial charge in [0.1, 0.15) is 11.3 Å². The van der Waals surface area contributed by atoms with Gasteiger partial charge in [0.15, 0.2) is 0 Å². The van der Waals surface area contributed by atoms with Crippen LogP contribution in [0.4, 0.5) is 11.4 Å². The van der Waals surface area contributed by atoms with E-state index in [2.05, 4.69) is 52.5 Å². The van der Waals surface area contributed by atoms with Gasteiger partial charge in [0.2, 0.25) is 5.91 Å². The summed E-state index contributed by atoms with van der Waals surface area (Å²) in [5.74, 6) is 1.08. The van der Waals surface area contributed by atoms with E-state index in [4.69, 9.17) is 0 Å². The number of hydrogen-bond acceptors (Lipinski definition) is 3. The number of benzene rings is 2. The Kier molecular flexibility index (Phi) is 4.37. The number of aromatic nitrogens is 2. The molecule has 1 aliphatic rings. The first-order valence-corrected chi connectivity index (χ1v) is 9.21. The smallest absolute Gasteiger partial charge is 0.226 e. The molecule has 0 bridgehead atoms. The van der Waals surface area contributed by atoms with Crippen LogP contribution in [0.3, 0.4) is 0 Å². The Morgan fingerprint density at radius 1 is 1.19 bits per heavy atom. The van der Waals surface area contributed by atoms with Gasteiger partial charge < -0.3 is 15.2 Å². The second-order valence-corrected chi connectivity index (χ2v) is 6.99. The molecule has 0 radical (unpaired) electrons. The predicted octanol–water partition coefficient (Wildman–Crippen LogP) is 4.31. The van der Waals surface area contributed by atoms with E-state index in [1.54, 1.807) is 0 Å². The van der Waals surface area contributed by atoms with Crippen molar-refractivity contribution in [1.29, 1.82) is 0 Å². The van der Waals surface area contributed by atoms with Crippen molar-refractivity contribution in [2.24, 2.45) is 0 Å². The average molecular weight is 348 g/mol. The minimum atomic E-state index is 0.205. The van der Waals surface area contributed by atoms with E-state index in [1.165, 1.54) is 11.1 Å². The van der Waals surface area contributed by atoms with Crippen molar-refractivity contribution >= 4 is 28.3 Å². The Labute approximate surface area is 153 Å². The highest BCUT2D eigenvalue weighted by molar-refractivity contribution is 5.99. The molecule has 0 spiro atoms. The predicted molar refractivity (Wildman–Crippen MR) is 106 cm³/mol. The van der Waals surface area contributed by atoms with Gasteiger partial charge in [-0.25, -0.2) is 4.98 Å². The summed E-state index contributed by atoms with van der Waals surface area (Å²) < 4.78 is 0. The Morgan fingerprint density at radius 3 is 2.85 bits per heavy atom. The average Bonchev–Trinajstić information content (AvgIpc) is 3.01. The molecule has 0 atom stereocenters. The van der Waals surface area contributed by atoms with E-state index >= 15 is 0 Å². The van der Waals surface area contributed by atoms with E-state index in [0.717, 1.165) is 54.2 Å². The highest BCUT2D eigenvalue weighted by Crippen LogP contribution is 2.31. The van der Waals surface area contributed by atoms with Crippen molar-refractivity contribution in [3.8, 4) is 0 Å². The maximum atomic E-state index is 12.4. The Bertz CT molecular complexity index is 960. The van der Waals surface area contributed by atoms with Crippen molar-refractivity contribution in [3.05, 3.63) is 53.3 Å². The zero-order valence-electron chi connectivity index (χ0n) is 15.3. The highest BCUT2D eigenvalue weighted by Gasteiger charge is 2.21. The maximum Gasteiger partial charge on any atom is 0.226 e.